The topological polar surface area (TPSA) is 52.8 Å². The molecular weight excluding hydrogens is 339 g/mol. The van der Waals surface area contributed by atoms with Gasteiger partial charge in [-0.1, -0.05) is 36.8 Å². The van der Waals surface area contributed by atoms with Gasteiger partial charge in [0, 0.05) is 31.7 Å². The third kappa shape index (κ3) is 3.77. The summed E-state index contributed by atoms with van der Waals surface area (Å²) >= 11 is 4.46. The number of benzene rings is 1. The molecule has 1 aromatic rings. The van der Waals surface area contributed by atoms with Crippen LogP contribution in [0.25, 0.3) is 0 Å². The summed E-state index contributed by atoms with van der Waals surface area (Å²) < 4.78 is 15.3. The molecule has 1 aromatic carbocycles. The predicted octanol–water partition coefficient (Wildman–Crippen LogP) is 2.93. The summed E-state index contributed by atoms with van der Waals surface area (Å²) in [5.74, 6) is 0.566. The number of likely N-dealkylation sites (tertiary alicyclic amines) is 1. The van der Waals surface area contributed by atoms with Crippen LogP contribution >= 0.6 is 12.6 Å². The quantitative estimate of drug-likeness (QED) is 0.640. The van der Waals surface area contributed by atoms with Crippen molar-refractivity contribution in [2.24, 2.45) is 5.73 Å². The lowest BCUT2D eigenvalue weighted by Gasteiger charge is -2.43. The van der Waals surface area contributed by atoms with E-state index < -0.39 is 12.3 Å². The first kappa shape index (κ1) is 18.1. The van der Waals surface area contributed by atoms with Gasteiger partial charge < -0.3 is 15.5 Å². The van der Waals surface area contributed by atoms with Crippen molar-refractivity contribution in [3.8, 4) is 0 Å². The minimum absolute atomic E-state index is 0.0214. The molecule has 3 rings (SSSR count). The molecule has 3 atom stereocenters. The van der Waals surface area contributed by atoms with Crippen LogP contribution in [0.5, 0.6) is 0 Å². The Morgan fingerprint density at radius 3 is 2.72 bits per heavy atom. The van der Waals surface area contributed by atoms with Gasteiger partial charge in [-0.3, -0.25) is 0 Å². The lowest BCUT2D eigenvalue weighted by atomic mass is 10.1. The van der Waals surface area contributed by atoms with E-state index in [1.807, 2.05) is 17.0 Å². The summed E-state index contributed by atoms with van der Waals surface area (Å²) in [4.78, 5) is 17.5. The average molecular weight is 364 g/mol. The molecule has 2 aliphatic rings. The van der Waals surface area contributed by atoms with E-state index in [2.05, 4.69) is 12.6 Å². The summed E-state index contributed by atoms with van der Waals surface area (Å²) in [7, 11) is 1.63. The summed E-state index contributed by atoms with van der Waals surface area (Å²) in [6.45, 7) is 1.37. The number of halogens is 1. The van der Waals surface area contributed by atoms with Crippen molar-refractivity contribution in [2.45, 2.75) is 37.0 Å². The zero-order chi connectivity index (χ0) is 18.0. The second-order valence-corrected chi connectivity index (χ2v) is 7.18. The maximum atomic E-state index is 15.3. The second-order valence-electron chi connectivity index (χ2n) is 6.65. The Bertz CT molecular complexity index is 641. The molecule has 0 bridgehead atoms. The number of amides is 2. The molecule has 0 saturated carbocycles. The van der Waals surface area contributed by atoms with Crippen molar-refractivity contribution in [1.29, 1.82) is 0 Å². The molecule has 1 saturated heterocycles. The van der Waals surface area contributed by atoms with Gasteiger partial charge in [-0.25, -0.2) is 14.1 Å². The van der Waals surface area contributed by atoms with Gasteiger partial charge in [0.1, 0.15) is 5.82 Å². The molecule has 0 aliphatic carbocycles. The standard InChI is InChI=1S/C18H25FN4OS/c1-21-16(25)11-15(22-10-6-5-9-14(20)12-22)23(18(21)24)17(19)13-7-3-2-4-8-13/h2-4,7-8,11,14,16-17,25H,5-6,9-10,12,20H2,1H3/t14-,16-,17+/m1/s1. The predicted molar refractivity (Wildman–Crippen MR) is 99.5 cm³/mol. The van der Waals surface area contributed by atoms with Gasteiger partial charge in [-0.05, 0) is 18.9 Å². The van der Waals surface area contributed by atoms with Gasteiger partial charge in [-0.2, -0.15) is 12.6 Å². The molecule has 0 spiro atoms. The van der Waals surface area contributed by atoms with E-state index in [1.54, 1.807) is 31.3 Å². The fraction of sp³-hybridized carbons (Fsp3) is 0.500. The van der Waals surface area contributed by atoms with Gasteiger partial charge in [0.05, 0.1) is 5.37 Å². The van der Waals surface area contributed by atoms with Crippen LogP contribution < -0.4 is 5.73 Å². The molecule has 2 heterocycles. The molecule has 25 heavy (non-hydrogen) atoms. The van der Waals surface area contributed by atoms with Crippen molar-refractivity contribution in [3.63, 3.8) is 0 Å². The highest BCUT2D eigenvalue weighted by atomic mass is 32.1. The van der Waals surface area contributed by atoms with E-state index in [0.717, 1.165) is 25.8 Å². The van der Waals surface area contributed by atoms with Crippen molar-refractivity contribution >= 4 is 18.7 Å². The third-order valence-corrected chi connectivity index (χ3v) is 5.28. The van der Waals surface area contributed by atoms with E-state index in [1.165, 1.54) is 9.80 Å². The molecule has 136 valence electrons. The monoisotopic (exact) mass is 364 g/mol. The molecule has 1 fully saturated rings. The van der Waals surface area contributed by atoms with E-state index in [-0.39, 0.29) is 11.4 Å². The number of urea groups is 1. The summed E-state index contributed by atoms with van der Waals surface area (Å²) in [5, 5.41) is -0.388. The first-order chi connectivity index (χ1) is 12.0. The van der Waals surface area contributed by atoms with Crippen molar-refractivity contribution in [2.75, 3.05) is 20.1 Å². The van der Waals surface area contributed by atoms with Crippen molar-refractivity contribution in [1.82, 2.24) is 14.7 Å². The van der Waals surface area contributed by atoms with Crippen LogP contribution in [0.2, 0.25) is 0 Å². The molecule has 2 N–H and O–H groups in total. The highest BCUT2D eigenvalue weighted by Crippen LogP contribution is 2.34. The number of thiol groups is 1. The minimum Gasteiger partial charge on any atom is -0.356 e. The Morgan fingerprint density at radius 2 is 2.00 bits per heavy atom. The van der Waals surface area contributed by atoms with Crippen LogP contribution in [-0.2, 0) is 0 Å². The normalized spacial score (nSPS) is 26.3. The number of hydrogen-bond acceptors (Lipinski definition) is 4. The number of nitrogens with two attached hydrogens (primary N) is 1. The Balaban J connectivity index is 1.96. The van der Waals surface area contributed by atoms with Crippen LogP contribution in [0.1, 0.15) is 31.1 Å². The maximum absolute atomic E-state index is 15.3. The summed E-state index contributed by atoms with van der Waals surface area (Å²) in [6.07, 6.45) is 3.24. The van der Waals surface area contributed by atoms with Crippen LogP contribution in [0.3, 0.4) is 0 Å². The molecule has 5 nitrogen and oxygen atoms in total. The van der Waals surface area contributed by atoms with Gasteiger partial charge in [0.2, 0.25) is 6.30 Å². The highest BCUT2D eigenvalue weighted by molar-refractivity contribution is 7.81. The van der Waals surface area contributed by atoms with Gasteiger partial charge in [0.25, 0.3) is 0 Å². The van der Waals surface area contributed by atoms with E-state index in [0.29, 0.717) is 17.9 Å². The minimum atomic E-state index is -1.55. The third-order valence-electron chi connectivity index (χ3n) is 4.78. The fourth-order valence-electron chi connectivity index (χ4n) is 3.32. The molecular formula is C18H25FN4OS. The zero-order valence-corrected chi connectivity index (χ0v) is 15.3. The number of nitrogens with zero attached hydrogens (tertiary/aromatic N) is 3. The molecule has 0 aromatic heterocycles. The number of rotatable bonds is 3. The Labute approximate surface area is 153 Å². The van der Waals surface area contributed by atoms with Gasteiger partial charge in [0.15, 0.2) is 0 Å². The van der Waals surface area contributed by atoms with Crippen LogP contribution in [0.15, 0.2) is 42.2 Å². The fourth-order valence-corrected chi connectivity index (χ4v) is 3.55. The number of hydrogen-bond donors (Lipinski definition) is 2. The zero-order valence-electron chi connectivity index (χ0n) is 14.4. The largest absolute Gasteiger partial charge is 0.356 e. The maximum Gasteiger partial charge on any atom is 0.329 e. The first-order valence-corrected chi connectivity index (χ1v) is 9.16. The molecule has 7 heteroatoms. The van der Waals surface area contributed by atoms with E-state index >= 15 is 4.39 Å². The molecule has 0 radical (unpaired) electrons. The molecule has 2 amide bonds. The van der Waals surface area contributed by atoms with Crippen LogP contribution in [0.4, 0.5) is 9.18 Å². The second kappa shape index (κ2) is 7.66. The van der Waals surface area contributed by atoms with Crippen molar-refractivity contribution < 1.29 is 9.18 Å². The highest BCUT2D eigenvalue weighted by Gasteiger charge is 2.38. The number of alkyl halides is 1. The van der Waals surface area contributed by atoms with Crippen LogP contribution in [-0.4, -0.2) is 52.3 Å². The van der Waals surface area contributed by atoms with Crippen molar-refractivity contribution in [3.05, 3.63) is 47.8 Å². The van der Waals surface area contributed by atoms with Gasteiger partial charge >= 0.3 is 6.03 Å². The number of likely N-dealkylation sites (N-methyl/N-ethyl adjacent to an activating group) is 1. The van der Waals surface area contributed by atoms with E-state index in [4.69, 9.17) is 5.73 Å². The Kier molecular flexibility index (Phi) is 5.54. The average Bonchev–Trinajstić information content (AvgIpc) is 2.84. The Morgan fingerprint density at radius 1 is 1.28 bits per heavy atom. The SMILES string of the molecule is CN1C(=O)N([C@H](F)c2ccccc2)C(N2CCCC[C@@H](N)C2)=C[C@H]1S. The molecule has 0 unspecified atom stereocenters. The summed E-state index contributed by atoms with van der Waals surface area (Å²) in [6, 6.07) is 8.38. The van der Waals surface area contributed by atoms with Crippen LogP contribution in [0, 0.1) is 0 Å². The lowest BCUT2D eigenvalue weighted by molar-refractivity contribution is 0.0707. The Hall–Kier alpha value is -1.73. The number of carbonyl (C=O) groups excluding carboxylic acids is 1. The smallest absolute Gasteiger partial charge is 0.329 e. The van der Waals surface area contributed by atoms with E-state index in [9.17, 15) is 4.79 Å². The summed E-state index contributed by atoms with van der Waals surface area (Å²) in [5.41, 5.74) is 6.62. The molecule has 2 aliphatic heterocycles. The lowest BCUT2D eigenvalue weighted by Crippen LogP contribution is -2.53. The first-order valence-electron chi connectivity index (χ1n) is 8.64. The van der Waals surface area contributed by atoms with Gasteiger partial charge in [-0.15, -0.1) is 0 Å². The number of carbonyl (C=O) groups is 1.